The van der Waals surface area contributed by atoms with E-state index >= 15 is 0 Å². The first-order valence-electron chi connectivity index (χ1n) is 5.75. The fourth-order valence-corrected chi connectivity index (χ4v) is 2.65. The van der Waals surface area contributed by atoms with Gasteiger partial charge in [-0.3, -0.25) is 0 Å². The van der Waals surface area contributed by atoms with Crippen LogP contribution in [0.4, 0.5) is 5.82 Å². The molecule has 6 heteroatoms. The summed E-state index contributed by atoms with van der Waals surface area (Å²) in [7, 11) is 2.00. The maximum Gasteiger partial charge on any atom is 0.161 e. The van der Waals surface area contributed by atoms with E-state index in [-0.39, 0.29) is 0 Å². The Morgan fingerprint density at radius 2 is 2.06 bits per heavy atom. The number of anilines is 1. The molecule has 0 saturated heterocycles. The second-order valence-electron chi connectivity index (χ2n) is 4.39. The zero-order valence-electron chi connectivity index (χ0n) is 11.5. The van der Waals surface area contributed by atoms with Gasteiger partial charge in [-0.05, 0) is 32.6 Å². The monoisotopic (exact) mass is 284 g/mol. The summed E-state index contributed by atoms with van der Waals surface area (Å²) < 4.78 is 0. The number of rotatable bonds is 5. The van der Waals surface area contributed by atoms with Gasteiger partial charge in [0.15, 0.2) is 5.82 Å². The van der Waals surface area contributed by atoms with Crippen molar-refractivity contribution in [2.75, 3.05) is 24.0 Å². The van der Waals surface area contributed by atoms with Crippen LogP contribution in [0.3, 0.4) is 0 Å². The molecule has 1 rings (SSSR count). The van der Waals surface area contributed by atoms with Gasteiger partial charge >= 0.3 is 0 Å². The van der Waals surface area contributed by atoms with Crippen LogP contribution in [0, 0.1) is 13.8 Å². The molecule has 0 radical (unpaired) electrons. The molecular formula is C12H20N4S2. The molecule has 18 heavy (non-hydrogen) atoms. The van der Waals surface area contributed by atoms with Gasteiger partial charge in [0.05, 0.1) is 11.3 Å². The third kappa shape index (κ3) is 3.11. The Bertz CT molecular complexity index is 448. The average molecular weight is 284 g/mol. The van der Waals surface area contributed by atoms with Gasteiger partial charge in [-0.2, -0.15) is 16.9 Å². The van der Waals surface area contributed by atoms with Crippen LogP contribution in [0.2, 0.25) is 0 Å². The van der Waals surface area contributed by atoms with Gasteiger partial charge in [0.2, 0.25) is 0 Å². The van der Waals surface area contributed by atoms with Gasteiger partial charge in [-0.1, -0.05) is 12.2 Å². The Labute approximate surface area is 118 Å². The number of nitrogens with zero attached hydrogens (tertiary/aromatic N) is 3. The molecule has 0 saturated carbocycles. The highest BCUT2D eigenvalue weighted by molar-refractivity contribution is 7.98. The number of thioether (sulfide) groups is 1. The lowest BCUT2D eigenvalue weighted by molar-refractivity contribution is 0.738. The molecule has 0 aromatic carbocycles. The zero-order valence-corrected chi connectivity index (χ0v) is 13.2. The molecule has 0 spiro atoms. The summed E-state index contributed by atoms with van der Waals surface area (Å²) in [4.78, 5) is 2.47. The van der Waals surface area contributed by atoms with Crippen LogP contribution in [-0.4, -0.2) is 40.3 Å². The lowest BCUT2D eigenvalue weighted by Crippen LogP contribution is -2.34. The Kier molecular flexibility index (Phi) is 5.34. The smallest absolute Gasteiger partial charge is 0.161 e. The highest BCUT2D eigenvalue weighted by atomic mass is 32.2. The molecule has 1 aromatic rings. The minimum absolute atomic E-state index is 0.351. The summed E-state index contributed by atoms with van der Waals surface area (Å²) in [6.45, 7) is 6.05. The number of aryl methyl sites for hydroxylation is 1. The minimum Gasteiger partial charge on any atom is -0.389 e. The summed E-state index contributed by atoms with van der Waals surface area (Å²) >= 11 is 6.95. The van der Waals surface area contributed by atoms with E-state index in [9.17, 15) is 0 Å². The van der Waals surface area contributed by atoms with Crippen LogP contribution in [0.25, 0.3) is 0 Å². The van der Waals surface area contributed by atoms with E-state index in [4.69, 9.17) is 18.0 Å². The molecule has 0 amide bonds. The Morgan fingerprint density at radius 3 is 2.56 bits per heavy atom. The Hall–Kier alpha value is -0.880. The van der Waals surface area contributed by atoms with Gasteiger partial charge in [0, 0.05) is 18.8 Å². The van der Waals surface area contributed by atoms with Gasteiger partial charge in [0.1, 0.15) is 4.99 Å². The van der Waals surface area contributed by atoms with Crippen molar-refractivity contribution in [3.05, 3.63) is 16.8 Å². The van der Waals surface area contributed by atoms with Crippen LogP contribution >= 0.6 is 24.0 Å². The minimum atomic E-state index is 0.351. The van der Waals surface area contributed by atoms with E-state index in [1.54, 1.807) is 11.8 Å². The fraction of sp³-hybridized carbons (Fsp3) is 0.583. The van der Waals surface area contributed by atoms with Gasteiger partial charge in [-0.15, -0.1) is 5.10 Å². The molecule has 0 bridgehead atoms. The first-order chi connectivity index (χ1) is 8.40. The SMILES string of the molecule is CSCC(C)N(C)c1nnc(C)c(C)c1C(N)=S. The molecule has 1 aromatic heterocycles. The second kappa shape index (κ2) is 6.33. The zero-order chi connectivity index (χ0) is 13.9. The van der Waals surface area contributed by atoms with E-state index < -0.39 is 0 Å². The lowest BCUT2D eigenvalue weighted by atomic mass is 10.1. The first kappa shape index (κ1) is 15.2. The summed E-state index contributed by atoms with van der Waals surface area (Å²) in [5.41, 5.74) is 8.55. The van der Waals surface area contributed by atoms with Crippen molar-refractivity contribution in [2.45, 2.75) is 26.8 Å². The van der Waals surface area contributed by atoms with Crippen molar-refractivity contribution in [3.63, 3.8) is 0 Å². The number of nitrogens with two attached hydrogens (primary N) is 1. The highest BCUT2D eigenvalue weighted by Gasteiger charge is 2.19. The third-order valence-corrected chi connectivity index (χ3v) is 4.11. The maximum absolute atomic E-state index is 5.83. The third-order valence-electron chi connectivity index (χ3n) is 3.09. The first-order valence-corrected chi connectivity index (χ1v) is 7.55. The highest BCUT2D eigenvalue weighted by Crippen LogP contribution is 2.23. The molecule has 1 heterocycles. The molecule has 1 atom stereocenters. The predicted octanol–water partition coefficient (Wildman–Crippen LogP) is 1.92. The van der Waals surface area contributed by atoms with Crippen molar-refractivity contribution in [1.82, 2.24) is 10.2 Å². The van der Waals surface area contributed by atoms with Crippen LogP contribution in [0.15, 0.2) is 0 Å². The summed E-state index contributed by atoms with van der Waals surface area (Å²) in [6, 6.07) is 0.351. The van der Waals surface area contributed by atoms with Crippen LogP contribution in [0.5, 0.6) is 0 Å². The van der Waals surface area contributed by atoms with Crippen molar-refractivity contribution >= 4 is 34.8 Å². The van der Waals surface area contributed by atoms with Crippen LogP contribution in [-0.2, 0) is 0 Å². The molecule has 0 aliphatic heterocycles. The van der Waals surface area contributed by atoms with E-state index in [1.807, 2.05) is 20.9 Å². The normalized spacial score (nSPS) is 12.3. The molecule has 0 aliphatic rings. The Morgan fingerprint density at radius 1 is 1.44 bits per heavy atom. The van der Waals surface area contributed by atoms with Gasteiger partial charge in [0.25, 0.3) is 0 Å². The van der Waals surface area contributed by atoms with Crippen LogP contribution < -0.4 is 10.6 Å². The fourth-order valence-electron chi connectivity index (χ4n) is 1.70. The summed E-state index contributed by atoms with van der Waals surface area (Å²) in [5.74, 6) is 1.79. The van der Waals surface area contributed by atoms with E-state index in [0.29, 0.717) is 11.0 Å². The molecule has 0 fully saturated rings. The van der Waals surface area contributed by atoms with Crippen molar-refractivity contribution < 1.29 is 0 Å². The van der Waals surface area contributed by atoms with Gasteiger partial charge < -0.3 is 10.6 Å². The van der Waals surface area contributed by atoms with E-state index in [2.05, 4.69) is 28.3 Å². The topological polar surface area (TPSA) is 55.0 Å². The number of hydrogen-bond acceptors (Lipinski definition) is 5. The second-order valence-corrected chi connectivity index (χ2v) is 5.74. The van der Waals surface area contributed by atoms with E-state index in [1.165, 1.54) is 0 Å². The molecule has 0 aliphatic carbocycles. The van der Waals surface area contributed by atoms with E-state index in [0.717, 1.165) is 28.4 Å². The Balaban J connectivity index is 3.24. The molecule has 4 nitrogen and oxygen atoms in total. The molecular weight excluding hydrogens is 264 g/mol. The standard InChI is InChI=1S/C12H20N4S2/c1-7(6-18-5)16(4)12-10(11(13)17)8(2)9(3)14-15-12/h7H,6H2,1-5H3,(H2,13,17). The lowest BCUT2D eigenvalue weighted by Gasteiger charge is -2.27. The largest absolute Gasteiger partial charge is 0.389 e. The van der Waals surface area contributed by atoms with Crippen molar-refractivity contribution in [2.24, 2.45) is 5.73 Å². The molecule has 100 valence electrons. The number of hydrogen-bond donors (Lipinski definition) is 1. The summed E-state index contributed by atoms with van der Waals surface area (Å²) in [5, 5.41) is 8.43. The number of aromatic nitrogens is 2. The van der Waals surface area contributed by atoms with Crippen molar-refractivity contribution in [3.8, 4) is 0 Å². The average Bonchev–Trinajstić information content (AvgIpc) is 2.31. The summed E-state index contributed by atoms with van der Waals surface area (Å²) in [6.07, 6.45) is 2.09. The molecule has 2 N–H and O–H groups in total. The quantitative estimate of drug-likeness (QED) is 0.834. The predicted molar refractivity (Wildman–Crippen MR) is 83.6 cm³/mol. The van der Waals surface area contributed by atoms with Crippen molar-refractivity contribution in [1.29, 1.82) is 0 Å². The van der Waals surface area contributed by atoms with Crippen LogP contribution in [0.1, 0.15) is 23.7 Å². The number of thiocarbonyl (C=S) groups is 1. The van der Waals surface area contributed by atoms with Gasteiger partial charge in [-0.25, -0.2) is 0 Å². The molecule has 1 unspecified atom stereocenters. The maximum atomic E-state index is 5.83.